The Morgan fingerprint density at radius 2 is 1.77 bits per heavy atom. The Kier molecular flexibility index (Phi) is 9.14. The number of amides is 1. The van der Waals surface area contributed by atoms with E-state index in [1.165, 1.54) is 16.3 Å². The number of benzene rings is 3. The molecule has 39 heavy (non-hydrogen) atoms. The van der Waals surface area contributed by atoms with Crippen LogP contribution in [0.15, 0.2) is 66.7 Å². The molecule has 0 spiro atoms. The average molecular weight is 531 g/mol. The Hall–Kier alpha value is -3.39. The second-order valence-corrected chi connectivity index (χ2v) is 10.3. The lowest BCUT2D eigenvalue weighted by Crippen LogP contribution is -2.40. The normalized spacial score (nSPS) is 17.9. The molecule has 5 rings (SSSR count). The molecule has 2 aliphatic rings. The van der Waals surface area contributed by atoms with Gasteiger partial charge in [-0.2, -0.15) is 0 Å². The molecule has 206 valence electrons. The minimum Gasteiger partial charge on any atom is -0.497 e. The Morgan fingerprint density at radius 1 is 1.03 bits per heavy atom. The monoisotopic (exact) mass is 530 g/mol. The number of hydrogen-bond donors (Lipinski definition) is 1. The molecular weight excluding hydrogens is 492 g/mol. The minimum atomic E-state index is -0.593. The van der Waals surface area contributed by atoms with Crippen LogP contribution in [-0.2, 0) is 9.53 Å². The van der Waals surface area contributed by atoms with Gasteiger partial charge in [0, 0.05) is 31.3 Å². The van der Waals surface area contributed by atoms with Crippen molar-refractivity contribution >= 4 is 22.8 Å². The van der Waals surface area contributed by atoms with Crippen LogP contribution >= 0.6 is 0 Å². The lowest BCUT2D eigenvalue weighted by Gasteiger charge is -2.33. The van der Waals surface area contributed by atoms with E-state index in [2.05, 4.69) is 35.2 Å². The number of rotatable bonds is 9. The molecule has 1 amide bonds. The highest BCUT2D eigenvalue weighted by atomic mass is 16.5. The maximum absolute atomic E-state index is 12.5. The molecule has 1 atom stereocenters. The number of methoxy groups -OCH3 is 1. The molecule has 0 radical (unpaired) electrons. The number of likely N-dealkylation sites (tertiary alicyclic amines) is 1. The van der Waals surface area contributed by atoms with E-state index in [1.807, 2.05) is 30.3 Å². The van der Waals surface area contributed by atoms with Gasteiger partial charge < -0.3 is 29.1 Å². The summed E-state index contributed by atoms with van der Waals surface area (Å²) in [4.78, 5) is 16.6. The molecule has 0 aliphatic carbocycles. The number of aliphatic hydroxyl groups is 1. The SMILES string of the molecule is COc1ccc2cc(C3CCN(CC(O)COc4ccccc4C=CC(=O)N4CCOCC4)CC3)ccc2c1. The van der Waals surface area contributed by atoms with E-state index in [0.717, 1.165) is 37.2 Å². The number of hydrogen-bond acceptors (Lipinski definition) is 6. The van der Waals surface area contributed by atoms with Crippen molar-refractivity contribution in [3.63, 3.8) is 0 Å². The third-order valence-electron chi connectivity index (χ3n) is 7.68. The molecule has 2 heterocycles. The van der Waals surface area contributed by atoms with Crippen molar-refractivity contribution in [3.05, 3.63) is 77.9 Å². The summed E-state index contributed by atoms with van der Waals surface area (Å²) in [6, 6.07) is 20.5. The third-order valence-corrected chi connectivity index (χ3v) is 7.68. The molecule has 7 nitrogen and oxygen atoms in total. The van der Waals surface area contributed by atoms with Gasteiger partial charge >= 0.3 is 0 Å². The van der Waals surface area contributed by atoms with Crippen molar-refractivity contribution in [2.24, 2.45) is 0 Å². The highest BCUT2D eigenvalue weighted by Gasteiger charge is 2.23. The number of β-amino-alcohol motifs (C(OH)–C–C–N with tert-alkyl or cyclic N) is 1. The second kappa shape index (κ2) is 13.1. The fraction of sp³-hybridized carbons (Fsp3) is 0.406. The summed E-state index contributed by atoms with van der Waals surface area (Å²) in [7, 11) is 1.70. The maximum Gasteiger partial charge on any atom is 0.246 e. The first-order valence-electron chi connectivity index (χ1n) is 13.8. The predicted octanol–water partition coefficient (Wildman–Crippen LogP) is 4.34. The van der Waals surface area contributed by atoms with Gasteiger partial charge in [0.2, 0.25) is 5.91 Å². The van der Waals surface area contributed by atoms with Crippen LogP contribution in [0.2, 0.25) is 0 Å². The van der Waals surface area contributed by atoms with Crippen LogP contribution in [-0.4, -0.2) is 86.6 Å². The van der Waals surface area contributed by atoms with Crippen LogP contribution in [0.5, 0.6) is 11.5 Å². The average Bonchev–Trinajstić information content (AvgIpc) is 2.99. The van der Waals surface area contributed by atoms with Crippen LogP contribution in [0.4, 0.5) is 0 Å². The van der Waals surface area contributed by atoms with Gasteiger partial charge in [0.1, 0.15) is 24.2 Å². The molecular formula is C32H38N2O5. The van der Waals surface area contributed by atoms with Crippen molar-refractivity contribution in [3.8, 4) is 11.5 Å². The lowest BCUT2D eigenvalue weighted by atomic mass is 9.88. The number of carbonyl (C=O) groups is 1. The van der Waals surface area contributed by atoms with Crippen molar-refractivity contribution in [2.45, 2.75) is 24.9 Å². The van der Waals surface area contributed by atoms with Crippen molar-refractivity contribution in [1.29, 1.82) is 0 Å². The summed E-state index contributed by atoms with van der Waals surface area (Å²) in [6.07, 6.45) is 4.91. The Labute approximate surface area is 230 Å². The van der Waals surface area contributed by atoms with E-state index in [4.69, 9.17) is 14.2 Å². The molecule has 2 fully saturated rings. The Morgan fingerprint density at radius 3 is 2.56 bits per heavy atom. The lowest BCUT2D eigenvalue weighted by molar-refractivity contribution is -0.129. The number of aliphatic hydroxyl groups excluding tert-OH is 1. The number of ether oxygens (including phenoxy) is 3. The van der Waals surface area contributed by atoms with E-state index in [-0.39, 0.29) is 12.5 Å². The van der Waals surface area contributed by atoms with E-state index in [0.29, 0.717) is 44.5 Å². The highest BCUT2D eigenvalue weighted by molar-refractivity contribution is 5.92. The Bertz CT molecular complexity index is 1280. The topological polar surface area (TPSA) is 71.5 Å². The van der Waals surface area contributed by atoms with Crippen LogP contribution in [0.3, 0.4) is 0 Å². The van der Waals surface area contributed by atoms with Gasteiger partial charge in [-0.15, -0.1) is 0 Å². The van der Waals surface area contributed by atoms with Crippen LogP contribution in [0, 0.1) is 0 Å². The summed E-state index contributed by atoms with van der Waals surface area (Å²) in [5, 5.41) is 13.2. The maximum atomic E-state index is 12.5. The summed E-state index contributed by atoms with van der Waals surface area (Å²) >= 11 is 0. The molecule has 0 bridgehead atoms. The van der Waals surface area contributed by atoms with Gasteiger partial charge in [0.05, 0.1) is 20.3 Å². The zero-order chi connectivity index (χ0) is 27.0. The van der Waals surface area contributed by atoms with Crippen LogP contribution in [0.1, 0.15) is 29.9 Å². The standard InChI is InChI=1S/C32H38N2O5/c1-37-30-10-8-27-20-26(6-7-28(27)21-30)24-12-14-33(15-13-24)22-29(35)23-39-31-5-3-2-4-25(31)9-11-32(36)34-16-18-38-19-17-34/h2-11,20-21,24,29,35H,12-19,22-23H2,1H3. The summed E-state index contributed by atoms with van der Waals surface area (Å²) in [5.74, 6) is 2.04. The first-order chi connectivity index (χ1) is 19.1. The quantitative estimate of drug-likeness (QED) is 0.415. The van der Waals surface area contributed by atoms with E-state index in [1.54, 1.807) is 24.2 Å². The van der Waals surface area contributed by atoms with Crippen molar-refractivity contribution in [2.75, 3.05) is 59.7 Å². The first kappa shape index (κ1) is 27.2. The smallest absolute Gasteiger partial charge is 0.246 e. The molecule has 2 aliphatic heterocycles. The number of carbonyl (C=O) groups excluding carboxylic acids is 1. The van der Waals surface area contributed by atoms with Crippen molar-refractivity contribution in [1.82, 2.24) is 9.80 Å². The third kappa shape index (κ3) is 7.18. The van der Waals surface area contributed by atoms with Gasteiger partial charge in [-0.1, -0.05) is 42.5 Å². The number of morpholine rings is 1. The molecule has 0 aromatic heterocycles. The molecule has 1 N–H and O–H groups in total. The number of fused-ring (bicyclic) bond motifs is 1. The van der Waals surface area contributed by atoms with Gasteiger partial charge in [-0.25, -0.2) is 0 Å². The second-order valence-electron chi connectivity index (χ2n) is 10.3. The summed E-state index contributed by atoms with van der Waals surface area (Å²) < 4.78 is 16.6. The number of para-hydroxylation sites is 1. The molecule has 1 unspecified atom stereocenters. The molecule has 2 saturated heterocycles. The van der Waals surface area contributed by atoms with E-state index < -0.39 is 6.10 Å². The van der Waals surface area contributed by atoms with Gasteiger partial charge in [0.25, 0.3) is 0 Å². The van der Waals surface area contributed by atoms with Gasteiger partial charge in [-0.3, -0.25) is 4.79 Å². The van der Waals surface area contributed by atoms with E-state index >= 15 is 0 Å². The fourth-order valence-corrected chi connectivity index (χ4v) is 5.41. The highest BCUT2D eigenvalue weighted by Crippen LogP contribution is 2.31. The predicted molar refractivity (Wildman–Crippen MR) is 153 cm³/mol. The van der Waals surface area contributed by atoms with Gasteiger partial charge in [0.15, 0.2) is 0 Å². The summed E-state index contributed by atoms with van der Waals surface area (Å²) in [6.45, 7) is 5.07. The van der Waals surface area contributed by atoms with Crippen LogP contribution in [0.25, 0.3) is 16.8 Å². The molecule has 3 aromatic rings. The van der Waals surface area contributed by atoms with Crippen LogP contribution < -0.4 is 9.47 Å². The number of nitrogens with zero attached hydrogens (tertiary/aromatic N) is 2. The zero-order valence-electron chi connectivity index (χ0n) is 22.6. The fourth-order valence-electron chi connectivity index (χ4n) is 5.41. The zero-order valence-corrected chi connectivity index (χ0v) is 22.6. The molecule has 0 saturated carbocycles. The Balaban J connectivity index is 1.09. The first-order valence-corrected chi connectivity index (χ1v) is 13.8. The summed E-state index contributed by atoms with van der Waals surface area (Å²) in [5.41, 5.74) is 2.20. The minimum absolute atomic E-state index is 0.0274. The van der Waals surface area contributed by atoms with E-state index in [9.17, 15) is 9.90 Å². The molecule has 7 heteroatoms. The van der Waals surface area contributed by atoms with Crippen molar-refractivity contribution < 1.29 is 24.1 Å². The molecule has 3 aromatic carbocycles. The van der Waals surface area contributed by atoms with Gasteiger partial charge in [-0.05, 0) is 72.5 Å². The largest absolute Gasteiger partial charge is 0.497 e. The number of piperidine rings is 1.